The molecule has 186 valence electrons. The Morgan fingerprint density at radius 1 is 0.788 bits per heavy atom. The summed E-state index contributed by atoms with van der Waals surface area (Å²) in [7, 11) is 0. The molecule has 0 aromatic heterocycles. The van der Waals surface area contributed by atoms with Crippen LogP contribution in [0.1, 0.15) is 119 Å². The van der Waals surface area contributed by atoms with Crippen molar-refractivity contribution in [1.82, 2.24) is 0 Å². The molecule has 3 heteroatoms. The van der Waals surface area contributed by atoms with Crippen LogP contribution in [0.15, 0.2) is 11.1 Å². The van der Waals surface area contributed by atoms with Crippen molar-refractivity contribution in [1.29, 1.82) is 0 Å². The Labute approximate surface area is 201 Å². The summed E-state index contributed by atoms with van der Waals surface area (Å²) in [5.74, 6) is 0.439. The van der Waals surface area contributed by atoms with Gasteiger partial charge in [-0.25, -0.2) is 0 Å². The fourth-order valence-electron chi connectivity index (χ4n) is 10.5. The van der Waals surface area contributed by atoms with Crippen LogP contribution in [0, 0.1) is 44.3 Å². The number of hydrogen-bond acceptors (Lipinski definition) is 2. The zero-order valence-corrected chi connectivity index (χ0v) is 22.3. The van der Waals surface area contributed by atoms with E-state index in [1.165, 1.54) is 38.5 Å². The predicted octanol–water partition coefficient (Wildman–Crippen LogP) is 7.38. The number of allylic oxidation sites excluding steroid dienone is 2. The van der Waals surface area contributed by atoms with Gasteiger partial charge in [-0.15, -0.1) is 0 Å². The molecule has 2 unspecified atom stereocenters. The fraction of sp³-hybridized carbons (Fsp3) is 0.900. The number of fused-ring (bicyclic) bond motifs is 6. The predicted molar refractivity (Wildman–Crippen MR) is 133 cm³/mol. The second-order valence-electron chi connectivity index (χ2n) is 14.9. The van der Waals surface area contributed by atoms with E-state index in [0.717, 1.165) is 32.1 Å². The maximum atomic E-state index is 12.3. The molecule has 0 bridgehead atoms. The van der Waals surface area contributed by atoms with Gasteiger partial charge in [0.05, 0.1) is 11.5 Å². The molecule has 0 aromatic carbocycles. The van der Waals surface area contributed by atoms with Crippen LogP contribution in [0.2, 0.25) is 0 Å². The Bertz CT molecular complexity index is 902. The highest BCUT2D eigenvalue weighted by molar-refractivity contribution is 5.74. The van der Waals surface area contributed by atoms with Gasteiger partial charge in [-0.05, 0) is 116 Å². The van der Waals surface area contributed by atoms with Gasteiger partial charge in [-0.1, -0.05) is 52.7 Å². The molecule has 5 rings (SSSR count). The van der Waals surface area contributed by atoms with Gasteiger partial charge < -0.3 is 10.2 Å². The van der Waals surface area contributed by atoms with E-state index >= 15 is 0 Å². The van der Waals surface area contributed by atoms with Gasteiger partial charge in [0.1, 0.15) is 0 Å². The zero-order chi connectivity index (χ0) is 24.2. The third kappa shape index (κ3) is 2.87. The molecule has 5 aliphatic rings. The molecule has 0 amide bonds. The lowest BCUT2D eigenvalue weighted by Gasteiger charge is -2.69. The Hall–Kier alpha value is -0.830. The van der Waals surface area contributed by atoms with Crippen LogP contribution in [0.4, 0.5) is 0 Å². The molecule has 0 spiro atoms. The lowest BCUT2D eigenvalue weighted by Crippen LogP contribution is -2.61. The molecule has 3 nitrogen and oxygen atoms in total. The van der Waals surface area contributed by atoms with Crippen LogP contribution in [-0.4, -0.2) is 22.3 Å². The summed E-state index contributed by atoms with van der Waals surface area (Å²) < 4.78 is 0. The minimum atomic E-state index is -0.591. The monoisotopic (exact) mass is 456 g/mol. The van der Waals surface area contributed by atoms with E-state index in [1.54, 1.807) is 11.1 Å². The fourth-order valence-corrected chi connectivity index (χ4v) is 10.5. The molecule has 0 heterocycles. The standard InChI is InChI=1S/C30H48O3/c1-25(2)21-9-8-20-19(28(21,5)12-11-23(25)31)10-13-30(7)22-18-27(4,24(32)33)15-14-26(22,3)16-17-29(20,30)6/h21-23,31H,8-18H2,1-7H3,(H,32,33)/t21?,22?,23-,26+,27+,28+,29+,30-/m0/s1. The van der Waals surface area contributed by atoms with E-state index in [-0.39, 0.29) is 33.2 Å². The van der Waals surface area contributed by atoms with Crippen LogP contribution < -0.4 is 0 Å². The molecule has 0 aromatic rings. The summed E-state index contributed by atoms with van der Waals surface area (Å²) in [5, 5.41) is 21.0. The van der Waals surface area contributed by atoms with E-state index < -0.39 is 11.4 Å². The first-order valence-electron chi connectivity index (χ1n) is 13.8. The number of carboxylic acid groups (broad SMARTS) is 1. The molecule has 0 radical (unpaired) electrons. The van der Waals surface area contributed by atoms with Crippen molar-refractivity contribution in [2.75, 3.05) is 0 Å². The summed E-state index contributed by atoms with van der Waals surface area (Å²) in [4.78, 5) is 12.3. The molecule has 0 saturated heterocycles. The number of aliphatic hydroxyl groups excluding tert-OH is 1. The largest absolute Gasteiger partial charge is 0.481 e. The summed E-state index contributed by atoms with van der Waals surface area (Å²) in [6.45, 7) is 16.8. The smallest absolute Gasteiger partial charge is 0.309 e. The second-order valence-corrected chi connectivity index (χ2v) is 14.9. The topological polar surface area (TPSA) is 57.5 Å². The highest BCUT2D eigenvalue weighted by atomic mass is 16.4. The molecule has 2 N–H and O–H groups in total. The first-order valence-corrected chi connectivity index (χ1v) is 13.8. The zero-order valence-electron chi connectivity index (χ0n) is 22.3. The minimum Gasteiger partial charge on any atom is -0.481 e. The van der Waals surface area contributed by atoms with Gasteiger partial charge in [0, 0.05) is 0 Å². The number of aliphatic carboxylic acids is 1. The Kier molecular flexibility index (Phi) is 4.99. The minimum absolute atomic E-state index is 0.0228. The Morgan fingerprint density at radius 3 is 2.12 bits per heavy atom. The summed E-state index contributed by atoms with van der Waals surface area (Å²) >= 11 is 0. The quantitative estimate of drug-likeness (QED) is 0.405. The van der Waals surface area contributed by atoms with E-state index in [2.05, 4.69) is 41.5 Å². The molecule has 3 saturated carbocycles. The number of hydrogen-bond donors (Lipinski definition) is 2. The van der Waals surface area contributed by atoms with E-state index in [9.17, 15) is 15.0 Å². The molecule has 33 heavy (non-hydrogen) atoms. The van der Waals surface area contributed by atoms with Crippen LogP contribution in [0.25, 0.3) is 0 Å². The normalized spacial score (nSPS) is 53.4. The first-order chi connectivity index (χ1) is 15.1. The van der Waals surface area contributed by atoms with Crippen molar-refractivity contribution in [3.8, 4) is 0 Å². The van der Waals surface area contributed by atoms with Gasteiger partial charge in [-0.3, -0.25) is 4.79 Å². The van der Waals surface area contributed by atoms with Crippen molar-refractivity contribution < 1.29 is 15.0 Å². The highest BCUT2D eigenvalue weighted by Crippen LogP contribution is 2.75. The lowest BCUT2D eigenvalue weighted by atomic mass is 9.35. The Balaban J connectivity index is 1.59. The first kappa shape index (κ1) is 23.9. The third-order valence-corrected chi connectivity index (χ3v) is 13.2. The van der Waals surface area contributed by atoms with Crippen LogP contribution in [0.3, 0.4) is 0 Å². The average molecular weight is 457 g/mol. The van der Waals surface area contributed by atoms with E-state index in [4.69, 9.17) is 0 Å². The molecule has 8 atom stereocenters. The number of carbonyl (C=O) groups is 1. The van der Waals surface area contributed by atoms with Crippen molar-refractivity contribution in [2.24, 2.45) is 44.3 Å². The van der Waals surface area contributed by atoms with Gasteiger partial charge in [0.15, 0.2) is 0 Å². The van der Waals surface area contributed by atoms with Crippen LogP contribution in [0.5, 0.6) is 0 Å². The van der Waals surface area contributed by atoms with Gasteiger partial charge >= 0.3 is 5.97 Å². The highest BCUT2D eigenvalue weighted by Gasteiger charge is 2.66. The van der Waals surface area contributed by atoms with Crippen molar-refractivity contribution in [3.05, 3.63) is 11.1 Å². The maximum absolute atomic E-state index is 12.3. The van der Waals surface area contributed by atoms with Crippen molar-refractivity contribution in [2.45, 2.75) is 125 Å². The molecule has 0 aliphatic heterocycles. The summed E-state index contributed by atoms with van der Waals surface area (Å²) in [6.07, 6.45) is 11.8. The second kappa shape index (κ2) is 6.89. The SMILES string of the molecule is CC1(C)C2CCC3=C(CC[C@@]4(C)C5C[C@](C)(C(=O)O)CC[C@]5(C)CC[C@]34C)[C@@]2(C)CC[C@@H]1O. The van der Waals surface area contributed by atoms with E-state index in [0.29, 0.717) is 11.8 Å². The third-order valence-electron chi connectivity index (χ3n) is 13.2. The van der Waals surface area contributed by atoms with Crippen LogP contribution in [-0.2, 0) is 4.79 Å². The molecular formula is C30H48O3. The van der Waals surface area contributed by atoms with Crippen LogP contribution >= 0.6 is 0 Å². The molecule has 3 fully saturated rings. The van der Waals surface area contributed by atoms with Crippen molar-refractivity contribution in [3.63, 3.8) is 0 Å². The average Bonchev–Trinajstić information content (AvgIpc) is 2.74. The molecular weight excluding hydrogens is 408 g/mol. The maximum Gasteiger partial charge on any atom is 0.309 e. The Morgan fingerprint density at radius 2 is 1.45 bits per heavy atom. The van der Waals surface area contributed by atoms with E-state index in [1.807, 2.05) is 6.92 Å². The summed E-state index contributed by atoms with van der Waals surface area (Å²) in [5.41, 5.74) is 3.74. The molecule has 5 aliphatic carbocycles. The van der Waals surface area contributed by atoms with Gasteiger partial charge in [0.2, 0.25) is 0 Å². The number of carboxylic acids is 1. The van der Waals surface area contributed by atoms with Crippen molar-refractivity contribution >= 4 is 5.97 Å². The summed E-state index contributed by atoms with van der Waals surface area (Å²) in [6, 6.07) is 0. The lowest BCUT2D eigenvalue weighted by molar-refractivity contribution is -0.175. The number of rotatable bonds is 1. The van der Waals surface area contributed by atoms with Gasteiger partial charge in [0.25, 0.3) is 0 Å². The van der Waals surface area contributed by atoms with Gasteiger partial charge in [-0.2, -0.15) is 0 Å². The number of aliphatic hydroxyl groups is 1.